The molecule has 1 unspecified atom stereocenters. The van der Waals surface area contributed by atoms with E-state index in [1.54, 1.807) is 18.4 Å². The Morgan fingerprint density at radius 2 is 2.00 bits per heavy atom. The van der Waals surface area contributed by atoms with Crippen LogP contribution in [0.5, 0.6) is 0 Å². The molecular formula is C12H17N5S. The van der Waals surface area contributed by atoms with E-state index in [2.05, 4.69) is 46.6 Å². The molecule has 18 heavy (non-hydrogen) atoms. The Kier molecular flexibility index (Phi) is 3.66. The highest BCUT2D eigenvalue weighted by atomic mass is 32.1. The van der Waals surface area contributed by atoms with Crippen LogP contribution in [0.15, 0.2) is 18.2 Å². The molecule has 0 aromatic carbocycles. The lowest BCUT2D eigenvalue weighted by atomic mass is 10.2. The summed E-state index contributed by atoms with van der Waals surface area (Å²) in [4.78, 5) is 10.8. The first-order chi connectivity index (χ1) is 8.58. The number of hydrogen-bond donors (Lipinski definition) is 3. The molecule has 0 saturated carbocycles. The summed E-state index contributed by atoms with van der Waals surface area (Å²) < 4.78 is 0. The van der Waals surface area contributed by atoms with Crippen molar-refractivity contribution in [3.63, 3.8) is 0 Å². The van der Waals surface area contributed by atoms with Crippen LogP contribution in [0.2, 0.25) is 0 Å². The van der Waals surface area contributed by atoms with Gasteiger partial charge in [0.2, 0.25) is 5.95 Å². The highest BCUT2D eigenvalue weighted by Crippen LogP contribution is 2.25. The molecule has 1 atom stereocenters. The van der Waals surface area contributed by atoms with Crippen molar-refractivity contribution in [3.8, 4) is 0 Å². The van der Waals surface area contributed by atoms with Gasteiger partial charge in [0.25, 0.3) is 0 Å². The molecule has 6 heteroatoms. The zero-order valence-electron chi connectivity index (χ0n) is 10.7. The number of aryl methyl sites for hydroxylation is 1. The SMILES string of the molecule is CNc1cc(NC(C)c2ccc(C)s2)nc(N)n1. The molecule has 0 spiro atoms. The number of nitrogens with two attached hydrogens (primary N) is 1. The van der Waals surface area contributed by atoms with Crippen LogP contribution in [-0.2, 0) is 0 Å². The lowest BCUT2D eigenvalue weighted by Crippen LogP contribution is -2.09. The second kappa shape index (κ2) is 5.22. The monoisotopic (exact) mass is 263 g/mol. The van der Waals surface area contributed by atoms with Crippen LogP contribution in [0.3, 0.4) is 0 Å². The number of nitrogens with zero attached hydrogens (tertiary/aromatic N) is 2. The summed E-state index contributed by atoms with van der Waals surface area (Å²) in [6.07, 6.45) is 0. The van der Waals surface area contributed by atoms with E-state index in [1.807, 2.05) is 6.07 Å². The van der Waals surface area contributed by atoms with Crippen molar-refractivity contribution in [2.75, 3.05) is 23.4 Å². The molecule has 0 saturated heterocycles. The zero-order chi connectivity index (χ0) is 13.1. The van der Waals surface area contributed by atoms with Gasteiger partial charge < -0.3 is 16.4 Å². The van der Waals surface area contributed by atoms with Crippen molar-refractivity contribution in [2.24, 2.45) is 0 Å². The zero-order valence-corrected chi connectivity index (χ0v) is 11.5. The van der Waals surface area contributed by atoms with Crippen LogP contribution in [0.25, 0.3) is 0 Å². The van der Waals surface area contributed by atoms with Gasteiger partial charge in [-0.05, 0) is 26.0 Å². The molecule has 0 amide bonds. The normalized spacial score (nSPS) is 12.2. The van der Waals surface area contributed by atoms with Crippen LogP contribution in [0, 0.1) is 6.92 Å². The van der Waals surface area contributed by atoms with Crippen LogP contribution in [0.1, 0.15) is 22.7 Å². The number of thiophene rings is 1. The molecule has 2 aromatic heterocycles. The maximum Gasteiger partial charge on any atom is 0.223 e. The highest BCUT2D eigenvalue weighted by Gasteiger charge is 2.09. The molecule has 0 fully saturated rings. The Balaban J connectivity index is 2.16. The minimum Gasteiger partial charge on any atom is -0.373 e. The van der Waals surface area contributed by atoms with Gasteiger partial charge in [-0.1, -0.05) is 0 Å². The number of aromatic nitrogens is 2. The van der Waals surface area contributed by atoms with Gasteiger partial charge in [0, 0.05) is 22.9 Å². The van der Waals surface area contributed by atoms with Gasteiger partial charge in [0.1, 0.15) is 11.6 Å². The molecule has 0 aliphatic carbocycles. The van der Waals surface area contributed by atoms with E-state index >= 15 is 0 Å². The molecule has 4 N–H and O–H groups in total. The fraction of sp³-hybridized carbons (Fsp3) is 0.333. The fourth-order valence-corrected chi connectivity index (χ4v) is 2.53. The predicted molar refractivity (Wildman–Crippen MR) is 77.1 cm³/mol. The summed E-state index contributed by atoms with van der Waals surface area (Å²) in [5.41, 5.74) is 5.65. The Labute approximate surface area is 110 Å². The van der Waals surface area contributed by atoms with E-state index in [4.69, 9.17) is 5.73 Å². The maximum absolute atomic E-state index is 5.65. The summed E-state index contributed by atoms with van der Waals surface area (Å²) in [6, 6.07) is 6.28. The van der Waals surface area contributed by atoms with Gasteiger partial charge >= 0.3 is 0 Å². The Morgan fingerprint density at radius 3 is 2.61 bits per heavy atom. The average molecular weight is 263 g/mol. The van der Waals surface area contributed by atoms with Gasteiger partial charge in [0.05, 0.1) is 6.04 Å². The topological polar surface area (TPSA) is 75.9 Å². The van der Waals surface area contributed by atoms with Gasteiger partial charge in [0.15, 0.2) is 0 Å². The Hall–Kier alpha value is -1.82. The molecule has 5 nitrogen and oxygen atoms in total. The number of rotatable bonds is 4. The quantitative estimate of drug-likeness (QED) is 0.790. The summed E-state index contributed by atoms with van der Waals surface area (Å²) in [5.74, 6) is 1.70. The number of hydrogen-bond acceptors (Lipinski definition) is 6. The molecule has 0 radical (unpaired) electrons. The standard InChI is InChI=1S/C12H17N5S/c1-7-4-5-9(18-7)8(2)15-11-6-10(14-3)16-12(13)17-11/h4-6,8H,1-3H3,(H4,13,14,15,16,17). The summed E-state index contributed by atoms with van der Waals surface area (Å²) in [6.45, 7) is 4.20. The smallest absolute Gasteiger partial charge is 0.223 e. The average Bonchev–Trinajstić information content (AvgIpc) is 2.75. The number of nitrogens with one attached hydrogen (secondary N) is 2. The second-order valence-corrected chi connectivity index (χ2v) is 5.38. The second-order valence-electron chi connectivity index (χ2n) is 4.06. The third-order valence-corrected chi connectivity index (χ3v) is 3.74. The minimum atomic E-state index is 0.197. The van der Waals surface area contributed by atoms with Crippen molar-refractivity contribution in [3.05, 3.63) is 28.0 Å². The maximum atomic E-state index is 5.65. The van der Waals surface area contributed by atoms with Crippen molar-refractivity contribution < 1.29 is 0 Å². The Morgan fingerprint density at radius 1 is 1.28 bits per heavy atom. The van der Waals surface area contributed by atoms with Gasteiger partial charge in [-0.15, -0.1) is 11.3 Å². The fourth-order valence-electron chi connectivity index (χ4n) is 1.65. The molecule has 2 aromatic rings. The minimum absolute atomic E-state index is 0.197. The van der Waals surface area contributed by atoms with E-state index < -0.39 is 0 Å². The van der Waals surface area contributed by atoms with E-state index in [-0.39, 0.29) is 12.0 Å². The highest BCUT2D eigenvalue weighted by molar-refractivity contribution is 7.12. The predicted octanol–water partition coefficient (Wildman–Crippen LogP) is 2.64. The molecular weight excluding hydrogens is 246 g/mol. The molecule has 2 rings (SSSR count). The molecule has 96 valence electrons. The first-order valence-electron chi connectivity index (χ1n) is 5.73. The summed E-state index contributed by atoms with van der Waals surface area (Å²) in [7, 11) is 1.80. The molecule has 0 aliphatic heterocycles. The van der Waals surface area contributed by atoms with Gasteiger partial charge in [-0.25, -0.2) is 0 Å². The number of nitrogen functional groups attached to an aromatic ring is 1. The van der Waals surface area contributed by atoms with E-state index in [0.29, 0.717) is 5.82 Å². The summed E-state index contributed by atoms with van der Waals surface area (Å²) >= 11 is 1.78. The van der Waals surface area contributed by atoms with Crippen LogP contribution >= 0.6 is 11.3 Å². The van der Waals surface area contributed by atoms with Crippen molar-refractivity contribution >= 4 is 28.9 Å². The summed E-state index contributed by atoms with van der Waals surface area (Å²) in [5, 5.41) is 6.28. The molecule has 0 aliphatic rings. The largest absolute Gasteiger partial charge is 0.373 e. The third kappa shape index (κ3) is 2.89. The van der Waals surface area contributed by atoms with E-state index in [9.17, 15) is 0 Å². The molecule has 0 bridgehead atoms. The first kappa shape index (κ1) is 12.6. The lowest BCUT2D eigenvalue weighted by molar-refractivity contribution is 0.895. The van der Waals surface area contributed by atoms with Crippen molar-refractivity contribution in [2.45, 2.75) is 19.9 Å². The van der Waals surface area contributed by atoms with Crippen LogP contribution in [-0.4, -0.2) is 17.0 Å². The Bertz CT molecular complexity index is 537. The van der Waals surface area contributed by atoms with E-state index in [0.717, 1.165) is 5.82 Å². The lowest BCUT2D eigenvalue weighted by Gasteiger charge is -2.13. The van der Waals surface area contributed by atoms with Crippen LogP contribution in [0.4, 0.5) is 17.6 Å². The van der Waals surface area contributed by atoms with Crippen molar-refractivity contribution in [1.82, 2.24) is 9.97 Å². The third-order valence-electron chi connectivity index (χ3n) is 2.55. The molecule has 2 heterocycles. The van der Waals surface area contributed by atoms with Gasteiger partial charge in [-0.2, -0.15) is 9.97 Å². The van der Waals surface area contributed by atoms with Crippen molar-refractivity contribution in [1.29, 1.82) is 0 Å². The first-order valence-corrected chi connectivity index (χ1v) is 6.55. The van der Waals surface area contributed by atoms with Crippen LogP contribution < -0.4 is 16.4 Å². The van der Waals surface area contributed by atoms with Gasteiger partial charge in [-0.3, -0.25) is 0 Å². The van der Waals surface area contributed by atoms with E-state index in [1.165, 1.54) is 9.75 Å². The number of anilines is 3.